The van der Waals surface area contributed by atoms with E-state index in [4.69, 9.17) is 4.74 Å². The Kier molecular flexibility index (Phi) is 8.02. The van der Waals surface area contributed by atoms with Crippen molar-refractivity contribution in [3.05, 3.63) is 59.7 Å². The minimum Gasteiger partial charge on any atom is -0.484 e. The second kappa shape index (κ2) is 10.2. The van der Waals surface area contributed by atoms with Gasteiger partial charge < -0.3 is 10.1 Å². The Morgan fingerprint density at radius 1 is 1.00 bits per heavy atom. The molecule has 0 radical (unpaired) electrons. The summed E-state index contributed by atoms with van der Waals surface area (Å²) in [5, 5.41) is 2.78. The van der Waals surface area contributed by atoms with Crippen molar-refractivity contribution in [3.8, 4) is 5.75 Å². The molecule has 0 aromatic heterocycles. The molecule has 0 unspecified atom stereocenters. The molecule has 0 aliphatic heterocycles. The maximum atomic E-state index is 12.5. The van der Waals surface area contributed by atoms with E-state index in [9.17, 15) is 13.2 Å². The van der Waals surface area contributed by atoms with Crippen LogP contribution in [0.5, 0.6) is 5.75 Å². The van der Waals surface area contributed by atoms with E-state index in [2.05, 4.69) is 12.2 Å². The fourth-order valence-electron chi connectivity index (χ4n) is 2.75. The number of carbonyl (C=O) groups excluding carboxylic acids is 1. The van der Waals surface area contributed by atoms with Crippen LogP contribution in [0.4, 0.5) is 0 Å². The van der Waals surface area contributed by atoms with E-state index in [1.807, 2.05) is 38.1 Å². The first-order valence-electron chi connectivity index (χ1n) is 9.48. The van der Waals surface area contributed by atoms with Crippen LogP contribution in [0.25, 0.3) is 0 Å². The zero-order chi connectivity index (χ0) is 20.6. The summed E-state index contributed by atoms with van der Waals surface area (Å²) in [5.74, 6) is 0.433. The van der Waals surface area contributed by atoms with Crippen molar-refractivity contribution in [2.75, 3.05) is 19.7 Å². The third-order valence-electron chi connectivity index (χ3n) is 4.43. The molecule has 1 N–H and O–H groups in total. The summed E-state index contributed by atoms with van der Waals surface area (Å²) in [4.78, 5) is 12.3. The SMILES string of the molecule is CCc1cccc(OCC(=O)NCc2ccc(S(=O)(=O)N(CC)CC)cc2)c1. The third kappa shape index (κ3) is 5.81. The predicted octanol–water partition coefficient (Wildman–Crippen LogP) is 2.97. The van der Waals surface area contributed by atoms with Crippen molar-refractivity contribution >= 4 is 15.9 Å². The zero-order valence-corrected chi connectivity index (χ0v) is 17.5. The van der Waals surface area contributed by atoms with Crippen LogP contribution in [-0.2, 0) is 27.8 Å². The summed E-state index contributed by atoms with van der Waals surface area (Å²) in [6.45, 7) is 6.78. The van der Waals surface area contributed by atoms with Crippen LogP contribution in [0.3, 0.4) is 0 Å². The quantitative estimate of drug-likeness (QED) is 0.661. The second-order valence-corrected chi connectivity index (χ2v) is 8.24. The van der Waals surface area contributed by atoms with Crippen molar-refractivity contribution in [2.45, 2.75) is 38.6 Å². The molecule has 28 heavy (non-hydrogen) atoms. The van der Waals surface area contributed by atoms with Gasteiger partial charge in [-0.25, -0.2) is 8.42 Å². The van der Waals surface area contributed by atoms with Crippen LogP contribution in [0.2, 0.25) is 0 Å². The van der Waals surface area contributed by atoms with Gasteiger partial charge in [-0.15, -0.1) is 0 Å². The molecule has 0 saturated carbocycles. The van der Waals surface area contributed by atoms with Gasteiger partial charge in [-0.05, 0) is 41.8 Å². The first-order valence-corrected chi connectivity index (χ1v) is 10.9. The van der Waals surface area contributed by atoms with E-state index in [1.54, 1.807) is 24.3 Å². The van der Waals surface area contributed by atoms with E-state index in [0.29, 0.717) is 25.4 Å². The second-order valence-electron chi connectivity index (χ2n) is 6.30. The van der Waals surface area contributed by atoms with Crippen LogP contribution in [0, 0.1) is 0 Å². The van der Waals surface area contributed by atoms with Gasteiger partial charge in [0.25, 0.3) is 5.91 Å². The number of ether oxygens (including phenoxy) is 1. The topological polar surface area (TPSA) is 75.7 Å². The highest BCUT2D eigenvalue weighted by atomic mass is 32.2. The monoisotopic (exact) mass is 404 g/mol. The lowest BCUT2D eigenvalue weighted by atomic mass is 10.2. The highest BCUT2D eigenvalue weighted by molar-refractivity contribution is 7.89. The summed E-state index contributed by atoms with van der Waals surface area (Å²) in [6.07, 6.45) is 0.906. The minimum atomic E-state index is -3.47. The van der Waals surface area contributed by atoms with Crippen molar-refractivity contribution in [2.24, 2.45) is 0 Å². The summed E-state index contributed by atoms with van der Waals surface area (Å²) in [7, 11) is -3.47. The standard InChI is InChI=1S/C21H28N2O4S/c1-4-17-8-7-9-19(14-17)27-16-21(24)22-15-18-10-12-20(13-11-18)28(25,26)23(5-2)6-3/h7-14H,4-6,15-16H2,1-3H3,(H,22,24). The fraction of sp³-hybridized carbons (Fsp3) is 0.381. The van der Waals surface area contributed by atoms with Crippen molar-refractivity contribution < 1.29 is 17.9 Å². The smallest absolute Gasteiger partial charge is 0.258 e. The number of sulfonamides is 1. The Hall–Kier alpha value is -2.38. The number of aryl methyl sites for hydroxylation is 1. The summed E-state index contributed by atoms with van der Waals surface area (Å²) < 4.78 is 31.9. The van der Waals surface area contributed by atoms with Gasteiger partial charge in [-0.3, -0.25) is 4.79 Å². The van der Waals surface area contributed by atoms with E-state index < -0.39 is 10.0 Å². The molecular formula is C21H28N2O4S. The third-order valence-corrected chi connectivity index (χ3v) is 6.50. The highest BCUT2D eigenvalue weighted by Crippen LogP contribution is 2.16. The van der Waals surface area contributed by atoms with Crippen LogP contribution in [0.15, 0.2) is 53.4 Å². The number of hydrogen-bond acceptors (Lipinski definition) is 4. The number of carbonyl (C=O) groups is 1. The first-order chi connectivity index (χ1) is 13.4. The number of benzene rings is 2. The minimum absolute atomic E-state index is 0.0679. The molecular weight excluding hydrogens is 376 g/mol. The van der Waals surface area contributed by atoms with E-state index >= 15 is 0 Å². The normalized spacial score (nSPS) is 11.4. The average Bonchev–Trinajstić information content (AvgIpc) is 2.72. The van der Waals surface area contributed by atoms with E-state index in [1.165, 1.54) is 4.31 Å². The van der Waals surface area contributed by atoms with Crippen molar-refractivity contribution in [3.63, 3.8) is 0 Å². The van der Waals surface area contributed by atoms with Crippen molar-refractivity contribution in [1.82, 2.24) is 9.62 Å². The van der Waals surface area contributed by atoms with Crippen molar-refractivity contribution in [1.29, 1.82) is 0 Å². The van der Waals surface area contributed by atoms with Gasteiger partial charge in [0, 0.05) is 19.6 Å². The Morgan fingerprint density at radius 2 is 1.68 bits per heavy atom. The Bertz CT molecular complexity index is 876. The highest BCUT2D eigenvalue weighted by Gasteiger charge is 2.21. The fourth-order valence-corrected chi connectivity index (χ4v) is 4.21. The van der Waals surface area contributed by atoms with Crippen LogP contribution < -0.4 is 10.1 Å². The van der Waals surface area contributed by atoms with E-state index in [0.717, 1.165) is 17.5 Å². The van der Waals surface area contributed by atoms with Gasteiger partial charge in [-0.2, -0.15) is 4.31 Å². The Labute approximate surface area is 167 Å². The molecule has 0 spiro atoms. The first kappa shape index (κ1) is 21.9. The van der Waals surface area contributed by atoms with Crippen LogP contribution in [-0.4, -0.2) is 38.3 Å². The van der Waals surface area contributed by atoms with Crippen LogP contribution in [0.1, 0.15) is 31.9 Å². The lowest BCUT2D eigenvalue weighted by molar-refractivity contribution is -0.123. The number of hydrogen-bond donors (Lipinski definition) is 1. The summed E-state index contributed by atoms with van der Waals surface area (Å²) >= 11 is 0. The lowest BCUT2D eigenvalue weighted by Gasteiger charge is -2.18. The molecule has 2 rings (SSSR count). The molecule has 2 aromatic rings. The number of amides is 1. The molecule has 152 valence electrons. The summed E-state index contributed by atoms with van der Waals surface area (Å²) in [6, 6.07) is 14.2. The molecule has 0 bridgehead atoms. The van der Waals surface area contributed by atoms with Gasteiger partial charge in [0.05, 0.1) is 4.90 Å². The lowest BCUT2D eigenvalue weighted by Crippen LogP contribution is -2.30. The molecule has 0 saturated heterocycles. The molecule has 6 nitrogen and oxygen atoms in total. The van der Waals surface area contributed by atoms with Gasteiger partial charge in [0.15, 0.2) is 6.61 Å². The maximum Gasteiger partial charge on any atom is 0.258 e. The average molecular weight is 405 g/mol. The molecule has 1 amide bonds. The van der Waals surface area contributed by atoms with Gasteiger partial charge >= 0.3 is 0 Å². The molecule has 0 aliphatic rings. The Morgan fingerprint density at radius 3 is 2.29 bits per heavy atom. The largest absolute Gasteiger partial charge is 0.484 e. The maximum absolute atomic E-state index is 12.5. The summed E-state index contributed by atoms with van der Waals surface area (Å²) in [5.41, 5.74) is 1.97. The van der Waals surface area contributed by atoms with Gasteiger partial charge in [-0.1, -0.05) is 45.0 Å². The molecule has 2 aromatic carbocycles. The molecule has 0 heterocycles. The van der Waals surface area contributed by atoms with Gasteiger partial charge in [0.2, 0.25) is 10.0 Å². The zero-order valence-electron chi connectivity index (χ0n) is 16.6. The van der Waals surface area contributed by atoms with Crippen LogP contribution >= 0.6 is 0 Å². The molecule has 0 fully saturated rings. The predicted molar refractivity (Wildman–Crippen MR) is 110 cm³/mol. The molecule has 0 aliphatic carbocycles. The van der Waals surface area contributed by atoms with E-state index in [-0.39, 0.29) is 17.4 Å². The molecule has 0 atom stereocenters. The molecule has 7 heteroatoms. The number of nitrogens with one attached hydrogen (secondary N) is 1. The Balaban J connectivity index is 1.88. The number of rotatable bonds is 10. The number of nitrogens with zero attached hydrogens (tertiary/aromatic N) is 1. The van der Waals surface area contributed by atoms with Gasteiger partial charge in [0.1, 0.15) is 5.75 Å².